The number of hydrogen-bond donors (Lipinski definition) is 5. The highest BCUT2D eigenvalue weighted by Crippen LogP contribution is 2.13. The van der Waals surface area contributed by atoms with Crippen LogP contribution in [0.15, 0.2) is 54.6 Å². The van der Waals surface area contributed by atoms with Gasteiger partial charge in [0.15, 0.2) is 0 Å². The van der Waals surface area contributed by atoms with E-state index in [1.54, 1.807) is 12.1 Å². The van der Waals surface area contributed by atoms with Gasteiger partial charge in [-0.25, -0.2) is 0 Å². The molecule has 0 saturated heterocycles. The van der Waals surface area contributed by atoms with Crippen LogP contribution < -0.4 is 27.0 Å². The summed E-state index contributed by atoms with van der Waals surface area (Å²) in [7, 11) is 0. The van der Waals surface area contributed by atoms with E-state index >= 15 is 0 Å². The first-order valence-electron chi connectivity index (χ1n) is 13.4. The van der Waals surface area contributed by atoms with Crippen LogP contribution in [0.1, 0.15) is 41.3 Å². The topological polar surface area (TPSA) is 148 Å². The van der Waals surface area contributed by atoms with Crippen molar-refractivity contribution in [1.29, 1.82) is 0 Å². The second kappa shape index (κ2) is 17.7. The molecular formula is C28H40N8O3. The first kappa shape index (κ1) is 29.8. The third-order valence-electron chi connectivity index (χ3n) is 5.58. The smallest absolute Gasteiger partial charge is 0.251 e. The Balaban J connectivity index is 1.49. The molecule has 0 radical (unpaired) electrons. The third kappa shape index (κ3) is 11.6. The Morgan fingerprint density at radius 1 is 0.744 bits per heavy atom. The number of amides is 1. The number of unbranched alkanes of at least 4 members (excludes halogenated alkanes) is 1. The largest absolute Gasteiger partial charge is 0.378 e. The van der Waals surface area contributed by atoms with Crippen LogP contribution >= 0.6 is 0 Å². The van der Waals surface area contributed by atoms with Gasteiger partial charge in [0.1, 0.15) is 0 Å². The Hall–Kier alpha value is -3.80. The molecule has 3 aromatic rings. The van der Waals surface area contributed by atoms with Crippen molar-refractivity contribution in [1.82, 2.24) is 20.3 Å². The van der Waals surface area contributed by atoms with E-state index in [1.165, 1.54) is 0 Å². The second-order valence-corrected chi connectivity index (χ2v) is 8.75. The van der Waals surface area contributed by atoms with Gasteiger partial charge in [-0.3, -0.25) is 4.79 Å². The SMILES string of the molecule is CCCCNc1nc(NCc2ccccc2)nc(NCc2ccc(C(=O)NCCOCCOCCN)cc2)n1. The van der Waals surface area contributed by atoms with Gasteiger partial charge in [0, 0.05) is 38.3 Å². The van der Waals surface area contributed by atoms with Gasteiger partial charge in [0.05, 0.1) is 26.4 Å². The van der Waals surface area contributed by atoms with Crippen molar-refractivity contribution in [2.45, 2.75) is 32.9 Å². The van der Waals surface area contributed by atoms with Crippen LogP contribution in [-0.4, -0.2) is 66.9 Å². The van der Waals surface area contributed by atoms with Gasteiger partial charge in [-0.05, 0) is 29.7 Å². The van der Waals surface area contributed by atoms with Crippen molar-refractivity contribution in [2.24, 2.45) is 5.73 Å². The number of aromatic nitrogens is 3. The zero-order valence-corrected chi connectivity index (χ0v) is 22.6. The number of anilines is 3. The number of hydrogen-bond acceptors (Lipinski definition) is 10. The molecule has 0 unspecified atom stereocenters. The van der Waals surface area contributed by atoms with E-state index in [0.29, 0.717) is 76.0 Å². The number of nitrogens with one attached hydrogen (secondary N) is 4. The predicted molar refractivity (Wildman–Crippen MR) is 154 cm³/mol. The molecule has 0 spiro atoms. The van der Waals surface area contributed by atoms with Gasteiger partial charge >= 0.3 is 0 Å². The normalized spacial score (nSPS) is 10.7. The summed E-state index contributed by atoms with van der Waals surface area (Å²) in [5, 5.41) is 12.7. The maximum Gasteiger partial charge on any atom is 0.251 e. The van der Waals surface area contributed by atoms with E-state index in [4.69, 9.17) is 15.2 Å². The lowest BCUT2D eigenvalue weighted by Crippen LogP contribution is -2.27. The highest BCUT2D eigenvalue weighted by Gasteiger charge is 2.08. The Morgan fingerprint density at radius 2 is 1.33 bits per heavy atom. The Morgan fingerprint density at radius 3 is 1.95 bits per heavy atom. The van der Waals surface area contributed by atoms with Crippen molar-refractivity contribution in [3.8, 4) is 0 Å². The molecule has 1 amide bonds. The number of nitrogens with zero attached hydrogens (tertiary/aromatic N) is 3. The van der Waals surface area contributed by atoms with Gasteiger partial charge in [-0.1, -0.05) is 55.8 Å². The second-order valence-electron chi connectivity index (χ2n) is 8.75. The summed E-state index contributed by atoms with van der Waals surface area (Å²) in [6.07, 6.45) is 2.10. The van der Waals surface area contributed by atoms with E-state index in [0.717, 1.165) is 30.5 Å². The zero-order chi connectivity index (χ0) is 27.5. The highest BCUT2D eigenvalue weighted by atomic mass is 16.5. The molecule has 0 saturated carbocycles. The number of benzene rings is 2. The molecule has 0 aliphatic rings. The molecule has 0 aliphatic heterocycles. The molecule has 210 valence electrons. The molecule has 39 heavy (non-hydrogen) atoms. The third-order valence-corrected chi connectivity index (χ3v) is 5.58. The number of carbonyl (C=O) groups excluding carboxylic acids is 1. The fourth-order valence-corrected chi connectivity index (χ4v) is 3.47. The van der Waals surface area contributed by atoms with Crippen molar-refractivity contribution in [3.05, 3.63) is 71.3 Å². The molecule has 1 heterocycles. The maximum absolute atomic E-state index is 12.4. The number of nitrogens with two attached hydrogens (primary N) is 1. The van der Waals surface area contributed by atoms with E-state index < -0.39 is 0 Å². The molecule has 3 rings (SSSR count). The Bertz CT molecular complexity index is 1100. The fourth-order valence-electron chi connectivity index (χ4n) is 3.47. The summed E-state index contributed by atoms with van der Waals surface area (Å²) in [5.41, 5.74) is 8.07. The average Bonchev–Trinajstić information content (AvgIpc) is 2.97. The van der Waals surface area contributed by atoms with E-state index in [9.17, 15) is 4.79 Å². The molecule has 6 N–H and O–H groups in total. The predicted octanol–water partition coefficient (Wildman–Crippen LogP) is 3.03. The van der Waals surface area contributed by atoms with Crippen LogP contribution in [-0.2, 0) is 22.6 Å². The minimum Gasteiger partial charge on any atom is -0.378 e. The van der Waals surface area contributed by atoms with Crippen molar-refractivity contribution in [3.63, 3.8) is 0 Å². The summed E-state index contributed by atoms with van der Waals surface area (Å²) in [6, 6.07) is 17.5. The zero-order valence-electron chi connectivity index (χ0n) is 22.6. The Labute approximate surface area is 230 Å². The standard InChI is InChI=1S/C28H40N8O3/c1-2-3-14-31-26-34-27(32-20-22-7-5-4-6-8-22)36-28(35-26)33-21-23-9-11-24(12-10-23)25(37)30-15-17-39-19-18-38-16-13-29/h4-12H,2-3,13-21,29H2,1H3,(H,30,37)(H3,31,32,33,34,35,36). The van der Waals surface area contributed by atoms with Gasteiger partial charge < -0.3 is 36.5 Å². The van der Waals surface area contributed by atoms with Crippen LogP contribution in [0.5, 0.6) is 0 Å². The number of ether oxygens (including phenoxy) is 2. The van der Waals surface area contributed by atoms with E-state index in [-0.39, 0.29) is 5.91 Å². The summed E-state index contributed by atoms with van der Waals surface area (Å²) in [5.74, 6) is 1.34. The van der Waals surface area contributed by atoms with Gasteiger partial charge in [0.25, 0.3) is 5.91 Å². The summed E-state index contributed by atoms with van der Waals surface area (Å²) >= 11 is 0. The van der Waals surface area contributed by atoms with Crippen LogP contribution in [0.2, 0.25) is 0 Å². The summed E-state index contributed by atoms with van der Waals surface area (Å²) in [6.45, 7) is 6.86. The number of rotatable bonds is 19. The van der Waals surface area contributed by atoms with Crippen LogP contribution in [0.25, 0.3) is 0 Å². The number of carbonyl (C=O) groups is 1. The maximum atomic E-state index is 12.4. The quantitative estimate of drug-likeness (QED) is 0.145. The molecule has 0 aliphatic carbocycles. The first-order valence-corrected chi connectivity index (χ1v) is 13.4. The van der Waals surface area contributed by atoms with Gasteiger partial charge in [0.2, 0.25) is 17.8 Å². The minimum atomic E-state index is -0.146. The lowest BCUT2D eigenvalue weighted by Gasteiger charge is -2.12. The fraction of sp³-hybridized carbons (Fsp3) is 0.429. The van der Waals surface area contributed by atoms with Gasteiger partial charge in [-0.15, -0.1) is 0 Å². The van der Waals surface area contributed by atoms with Crippen molar-refractivity contribution in [2.75, 3.05) is 62.0 Å². The molecule has 2 aromatic carbocycles. The molecule has 0 bridgehead atoms. The molecule has 11 heteroatoms. The average molecular weight is 537 g/mol. The molecule has 0 atom stereocenters. The Kier molecular flexibility index (Phi) is 13.5. The molecular weight excluding hydrogens is 496 g/mol. The van der Waals surface area contributed by atoms with E-state index in [2.05, 4.69) is 43.1 Å². The minimum absolute atomic E-state index is 0.146. The molecule has 11 nitrogen and oxygen atoms in total. The lowest BCUT2D eigenvalue weighted by atomic mass is 10.1. The van der Waals surface area contributed by atoms with Crippen LogP contribution in [0.3, 0.4) is 0 Å². The molecule has 1 aromatic heterocycles. The van der Waals surface area contributed by atoms with Crippen LogP contribution in [0.4, 0.5) is 17.8 Å². The highest BCUT2D eigenvalue weighted by molar-refractivity contribution is 5.94. The first-order chi connectivity index (χ1) is 19.2. The summed E-state index contributed by atoms with van der Waals surface area (Å²) < 4.78 is 10.7. The van der Waals surface area contributed by atoms with E-state index in [1.807, 2.05) is 42.5 Å². The van der Waals surface area contributed by atoms with Gasteiger partial charge in [-0.2, -0.15) is 15.0 Å². The van der Waals surface area contributed by atoms with Crippen LogP contribution in [0, 0.1) is 0 Å². The summed E-state index contributed by atoms with van der Waals surface area (Å²) in [4.78, 5) is 26.0. The lowest BCUT2D eigenvalue weighted by molar-refractivity contribution is 0.0511. The monoisotopic (exact) mass is 536 g/mol. The molecule has 0 fully saturated rings. The van der Waals surface area contributed by atoms with Crippen molar-refractivity contribution >= 4 is 23.8 Å². The van der Waals surface area contributed by atoms with Crippen molar-refractivity contribution < 1.29 is 14.3 Å².